The number of nitrogens with zero attached hydrogens (tertiary/aromatic N) is 2. The zero-order valence-electron chi connectivity index (χ0n) is 10.4. The van der Waals surface area contributed by atoms with Gasteiger partial charge in [0.2, 0.25) is 0 Å². The van der Waals surface area contributed by atoms with Crippen molar-refractivity contribution in [2.45, 2.75) is 6.04 Å². The SMILES string of the molecule is O=C(O)C1CSCCN1C(=S)c1cccc([N+](=O)[O-])c1. The number of non-ortho nitro benzene ring substituents is 1. The van der Waals surface area contributed by atoms with E-state index in [2.05, 4.69) is 0 Å². The number of benzene rings is 1. The lowest BCUT2D eigenvalue weighted by molar-refractivity contribution is -0.384. The van der Waals surface area contributed by atoms with E-state index >= 15 is 0 Å². The number of carboxylic acid groups (broad SMARTS) is 1. The first-order valence-corrected chi connectivity index (χ1v) is 7.43. The maximum absolute atomic E-state index is 11.3. The second kappa shape index (κ2) is 6.19. The summed E-state index contributed by atoms with van der Waals surface area (Å²) in [7, 11) is 0. The van der Waals surface area contributed by atoms with E-state index in [1.165, 1.54) is 12.1 Å². The molecule has 20 heavy (non-hydrogen) atoms. The Morgan fingerprint density at radius 1 is 1.55 bits per heavy atom. The van der Waals surface area contributed by atoms with Gasteiger partial charge in [0, 0.05) is 35.7 Å². The molecule has 1 unspecified atom stereocenters. The van der Waals surface area contributed by atoms with Gasteiger partial charge in [-0.3, -0.25) is 10.1 Å². The summed E-state index contributed by atoms with van der Waals surface area (Å²) < 4.78 is 0. The summed E-state index contributed by atoms with van der Waals surface area (Å²) in [4.78, 5) is 23.5. The highest BCUT2D eigenvalue weighted by molar-refractivity contribution is 7.99. The van der Waals surface area contributed by atoms with Crippen LogP contribution in [-0.2, 0) is 4.79 Å². The van der Waals surface area contributed by atoms with Crippen LogP contribution in [0.3, 0.4) is 0 Å². The number of rotatable bonds is 3. The van der Waals surface area contributed by atoms with E-state index < -0.39 is 16.9 Å². The van der Waals surface area contributed by atoms with Crippen LogP contribution in [0.5, 0.6) is 0 Å². The lowest BCUT2D eigenvalue weighted by Crippen LogP contribution is -2.49. The average molecular weight is 312 g/mol. The number of aliphatic carboxylic acids is 1. The Morgan fingerprint density at radius 3 is 2.95 bits per heavy atom. The van der Waals surface area contributed by atoms with Crippen LogP contribution in [0.2, 0.25) is 0 Å². The largest absolute Gasteiger partial charge is 0.480 e. The summed E-state index contributed by atoms with van der Waals surface area (Å²) in [6.45, 7) is 0.531. The Hall–Kier alpha value is -1.67. The highest BCUT2D eigenvalue weighted by Crippen LogP contribution is 2.22. The molecule has 0 spiro atoms. The molecule has 1 aliphatic heterocycles. The normalized spacial score (nSPS) is 18.6. The van der Waals surface area contributed by atoms with Crippen molar-refractivity contribution in [3.63, 3.8) is 0 Å². The van der Waals surface area contributed by atoms with Crippen molar-refractivity contribution in [2.75, 3.05) is 18.1 Å². The van der Waals surface area contributed by atoms with Gasteiger partial charge in [-0.25, -0.2) is 4.79 Å². The molecule has 0 bridgehead atoms. The molecular formula is C12H12N2O4S2. The molecule has 1 aromatic rings. The molecular weight excluding hydrogens is 300 g/mol. The van der Waals surface area contributed by atoms with Crippen molar-refractivity contribution >= 4 is 40.6 Å². The molecule has 1 fully saturated rings. The average Bonchev–Trinajstić information content (AvgIpc) is 2.46. The fourth-order valence-electron chi connectivity index (χ4n) is 1.97. The summed E-state index contributed by atoms with van der Waals surface area (Å²) in [5.74, 6) is 0.327. The first-order chi connectivity index (χ1) is 9.50. The molecule has 1 heterocycles. The third kappa shape index (κ3) is 3.07. The molecule has 1 aliphatic rings. The highest BCUT2D eigenvalue weighted by atomic mass is 32.2. The van der Waals surface area contributed by atoms with Crippen molar-refractivity contribution < 1.29 is 14.8 Å². The van der Waals surface area contributed by atoms with Gasteiger partial charge in [-0.05, 0) is 0 Å². The summed E-state index contributed by atoms with van der Waals surface area (Å²) in [6.07, 6.45) is 0. The molecule has 0 aliphatic carbocycles. The molecule has 6 nitrogen and oxygen atoms in total. The molecule has 0 saturated carbocycles. The molecule has 1 saturated heterocycles. The van der Waals surface area contributed by atoms with Crippen LogP contribution in [0.4, 0.5) is 5.69 Å². The zero-order chi connectivity index (χ0) is 14.7. The van der Waals surface area contributed by atoms with E-state index in [9.17, 15) is 20.0 Å². The third-order valence-electron chi connectivity index (χ3n) is 2.98. The summed E-state index contributed by atoms with van der Waals surface area (Å²) >= 11 is 6.88. The molecule has 1 aromatic carbocycles. The van der Waals surface area contributed by atoms with Crippen LogP contribution in [-0.4, -0.2) is 50.0 Å². The number of carboxylic acids is 1. The molecule has 2 rings (SSSR count). The van der Waals surface area contributed by atoms with Crippen molar-refractivity contribution in [1.29, 1.82) is 0 Å². The maximum Gasteiger partial charge on any atom is 0.327 e. The number of thiocarbonyl (C=S) groups is 1. The highest BCUT2D eigenvalue weighted by Gasteiger charge is 2.31. The van der Waals surface area contributed by atoms with Gasteiger partial charge in [0.15, 0.2) is 0 Å². The number of hydrogen-bond donors (Lipinski definition) is 1. The van der Waals surface area contributed by atoms with Crippen LogP contribution >= 0.6 is 24.0 Å². The van der Waals surface area contributed by atoms with Gasteiger partial charge in [-0.2, -0.15) is 11.8 Å². The minimum atomic E-state index is -0.926. The Kier molecular flexibility index (Phi) is 4.56. The summed E-state index contributed by atoms with van der Waals surface area (Å²) in [5.41, 5.74) is 0.454. The minimum absolute atomic E-state index is 0.0527. The smallest absolute Gasteiger partial charge is 0.327 e. The first kappa shape index (κ1) is 14.7. The second-order valence-electron chi connectivity index (χ2n) is 4.23. The molecule has 1 N–H and O–H groups in total. The van der Waals surface area contributed by atoms with Gasteiger partial charge >= 0.3 is 5.97 Å². The first-order valence-electron chi connectivity index (χ1n) is 5.86. The van der Waals surface area contributed by atoms with E-state index in [4.69, 9.17) is 12.2 Å². The standard InChI is InChI=1S/C12H12N2O4S2/c15-12(16)10-7-20-5-4-13(10)11(19)8-2-1-3-9(6-8)14(17)18/h1-3,6,10H,4-5,7H2,(H,15,16). The van der Waals surface area contributed by atoms with E-state index in [0.29, 0.717) is 22.8 Å². The van der Waals surface area contributed by atoms with Crippen LogP contribution in [0.15, 0.2) is 24.3 Å². The Morgan fingerprint density at radius 2 is 2.30 bits per heavy atom. The van der Waals surface area contributed by atoms with E-state index in [0.717, 1.165) is 5.75 Å². The Balaban J connectivity index is 2.27. The second-order valence-corrected chi connectivity index (χ2v) is 5.77. The molecule has 8 heteroatoms. The molecule has 106 valence electrons. The Bertz CT molecular complexity index is 564. The van der Waals surface area contributed by atoms with Gasteiger partial charge in [-0.15, -0.1) is 0 Å². The van der Waals surface area contributed by atoms with Gasteiger partial charge in [-0.1, -0.05) is 24.4 Å². The zero-order valence-corrected chi connectivity index (χ0v) is 12.0. The van der Waals surface area contributed by atoms with Gasteiger partial charge in [0.1, 0.15) is 11.0 Å². The molecule has 0 aromatic heterocycles. The van der Waals surface area contributed by atoms with Gasteiger partial charge in [0.25, 0.3) is 5.69 Å². The number of hydrogen-bond acceptors (Lipinski definition) is 5. The number of thioether (sulfide) groups is 1. The number of nitro benzene ring substituents is 1. The van der Waals surface area contributed by atoms with Crippen LogP contribution < -0.4 is 0 Å². The Labute approximate surface area is 124 Å². The summed E-state index contributed by atoms with van der Waals surface area (Å²) in [5, 5.41) is 20.0. The van der Waals surface area contributed by atoms with Crippen molar-refractivity contribution in [1.82, 2.24) is 4.90 Å². The predicted octanol–water partition coefficient (Wildman–Crippen LogP) is 1.77. The van der Waals surface area contributed by atoms with Crippen LogP contribution in [0.25, 0.3) is 0 Å². The van der Waals surface area contributed by atoms with Crippen molar-refractivity contribution in [3.05, 3.63) is 39.9 Å². The quantitative estimate of drug-likeness (QED) is 0.517. The lowest BCUT2D eigenvalue weighted by atomic mass is 10.1. The van der Waals surface area contributed by atoms with Gasteiger partial charge in [0.05, 0.1) is 4.92 Å². The molecule has 0 radical (unpaired) electrons. The molecule has 1 atom stereocenters. The minimum Gasteiger partial charge on any atom is -0.480 e. The fourth-order valence-corrected chi connectivity index (χ4v) is 3.35. The molecule has 0 amide bonds. The van der Waals surface area contributed by atoms with Crippen molar-refractivity contribution in [2.24, 2.45) is 0 Å². The van der Waals surface area contributed by atoms with Crippen LogP contribution in [0.1, 0.15) is 5.56 Å². The lowest BCUT2D eigenvalue weighted by Gasteiger charge is -2.34. The third-order valence-corrected chi connectivity index (χ3v) is 4.47. The number of carbonyl (C=O) groups is 1. The van der Waals surface area contributed by atoms with Gasteiger partial charge < -0.3 is 10.0 Å². The number of nitro groups is 1. The predicted molar refractivity (Wildman–Crippen MR) is 80.3 cm³/mol. The van der Waals surface area contributed by atoms with E-state index in [1.807, 2.05) is 0 Å². The topological polar surface area (TPSA) is 83.7 Å². The van der Waals surface area contributed by atoms with Crippen molar-refractivity contribution in [3.8, 4) is 0 Å². The van der Waals surface area contributed by atoms with Crippen LogP contribution in [0, 0.1) is 10.1 Å². The van der Waals surface area contributed by atoms with E-state index in [1.54, 1.807) is 28.8 Å². The fraction of sp³-hybridized carbons (Fsp3) is 0.333. The summed E-state index contributed by atoms with van der Waals surface area (Å²) in [6, 6.07) is 5.29. The van der Waals surface area contributed by atoms with E-state index in [-0.39, 0.29) is 5.69 Å². The maximum atomic E-state index is 11.3. The monoisotopic (exact) mass is 312 g/mol.